The van der Waals surface area contributed by atoms with Crippen molar-refractivity contribution in [2.24, 2.45) is 0 Å². The van der Waals surface area contributed by atoms with Crippen LogP contribution in [0.4, 0.5) is 0 Å². The Morgan fingerprint density at radius 1 is 1.00 bits per heavy atom. The highest BCUT2D eigenvalue weighted by Crippen LogP contribution is 2.35. The van der Waals surface area contributed by atoms with Crippen LogP contribution >= 0.6 is 0 Å². The van der Waals surface area contributed by atoms with Crippen molar-refractivity contribution in [3.05, 3.63) is 77.4 Å². The van der Waals surface area contributed by atoms with Crippen molar-refractivity contribution in [3.8, 4) is 11.5 Å². The van der Waals surface area contributed by atoms with E-state index in [4.69, 9.17) is 37.9 Å². The molecule has 11 heteroatoms. The maximum Gasteiger partial charge on any atom is 0.342 e. The lowest BCUT2D eigenvalue weighted by Gasteiger charge is -2.24. The summed E-state index contributed by atoms with van der Waals surface area (Å²) in [7, 11) is 3.27. The van der Waals surface area contributed by atoms with E-state index in [1.165, 1.54) is 7.11 Å². The minimum absolute atomic E-state index is 0.0142. The van der Waals surface area contributed by atoms with Crippen molar-refractivity contribution in [2.45, 2.75) is 89.5 Å². The van der Waals surface area contributed by atoms with Gasteiger partial charge >= 0.3 is 11.9 Å². The van der Waals surface area contributed by atoms with E-state index in [2.05, 4.69) is 19.6 Å². The van der Waals surface area contributed by atoms with Crippen LogP contribution < -0.4 is 9.47 Å². The second-order valence-electron chi connectivity index (χ2n) is 13.3. The van der Waals surface area contributed by atoms with Crippen LogP contribution in [0.2, 0.25) is 25.7 Å². The minimum Gasteiger partial charge on any atom is -0.497 e. The number of carbonyl (C=O) groups is 2. The van der Waals surface area contributed by atoms with E-state index < -0.39 is 44.1 Å². The van der Waals surface area contributed by atoms with Crippen LogP contribution in [0, 0.1) is 0 Å². The van der Waals surface area contributed by atoms with Crippen molar-refractivity contribution < 1.29 is 47.5 Å². The number of carbonyl (C=O) groups excluding carboxylic acids is 2. The van der Waals surface area contributed by atoms with E-state index in [-0.39, 0.29) is 24.2 Å². The molecule has 0 aliphatic carbocycles. The molecule has 1 aliphatic heterocycles. The fraction of sp³-hybridized carbons (Fsp3) is 0.514. The van der Waals surface area contributed by atoms with Crippen LogP contribution in [0.25, 0.3) is 6.08 Å². The molecule has 0 spiro atoms. The van der Waals surface area contributed by atoms with Gasteiger partial charge in [0.1, 0.15) is 29.3 Å². The summed E-state index contributed by atoms with van der Waals surface area (Å²) in [6.45, 7) is 12.5. The van der Waals surface area contributed by atoms with Crippen LogP contribution in [0.5, 0.6) is 11.5 Å². The Kier molecular flexibility index (Phi) is 14.9. The van der Waals surface area contributed by atoms with E-state index in [9.17, 15) is 9.59 Å². The van der Waals surface area contributed by atoms with Gasteiger partial charge in [0.05, 0.1) is 31.5 Å². The Morgan fingerprint density at radius 2 is 1.73 bits per heavy atom. The largest absolute Gasteiger partial charge is 0.497 e. The molecule has 0 radical (unpaired) electrons. The summed E-state index contributed by atoms with van der Waals surface area (Å²) in [5, 5.41) is 0. The van der Waals surface area contributed by atoms with Crippen molar-refractivity contribution in [1.82, 2.24) is 0 Å². The molecule has 2 aromatic rings. The molecule has 0 N–H and O–H groups in total. The van der Waals surface area contributed by atoms with Gasteiger partial charge in [0.25, 0.3) is 0 Å². The molecule has 1 fully saturated rings. The molecule has 0 saturated carbocycles. The van der Waals surface area contributed by atoms with Crippen LogP contribution in [-0.2, 0) is 28.4 Å². The molecule has 0 aromatic heterocycles. The molecule has 1 aliphatic rings. The number of benzene rings is 2. The highest BCUT2D eigenvalue weighted by molar-refractivity contribution is 6.76. The summed E-state index contributed by atoms with van der Waals surface area (Å²) < 4.78 is 46.2. The Hall–Kier alpha value is -3.48. The molecule has 1 saturated heterocycles. The van der Waals surface area contributed by atoms with E-state index in [1.54, 1.807) is 50.6 Å². The monoisotopic (exact) mass is 684 g/mol. The molecule has 10 nitrogen and oxygen atoms in total. The lowest BCUT2D eigenvalue weighted by Crippen LogP contribution is -2.37. The third kappa shape index (κ3) is 12.2. The summed E-state index contributed by atoms with van der Waals surface area (Å²) in [4.78, 5) is 26.6. The highest BCUT2D eigenvalue weighted by Gasteiger charge is 2.45. The lowest BCUT2D eigenvalue weighted by atomic mass is 10.0. The topological polar surface area (TPSA) is 108 Å². The number of ether oxygens (including phenoxy) is 8. The first kappa shape index (κ1) is 39.0. The SMILES string of the molecule is COCOc1cc(OC)cc(C=CCC2OC(C)(C)OC2C(C=CCC(C)OC)OC(=O)c2ccccc2)c1C(=O)OCC[Si](C)(C)C. The Morgan fingerprint density at radius 3 is 2.38 bits per heavy atom. The Balaban J connectivity index is 1.92. The third-order valence-electron chi connectivity index (χ3n) is 7.62. The molecule has 4 unspecified atom stereocenters. The standard InChI is InChI=1S/C37H52O10Si/c1-26(41-5)15-13-19-30(45-35(38)27-16-11-10-12-17-27)34-31(46-37(2,3)47-34)20-14-18-28-23-29(42-6)24-32(44-25-40-4)33(28)36(39)43-21-22-48(7,8)9/h10-14,16-19,23-24,26,30-31,34H,15,20-22,25H2,1-9H3. The first-order valence-corrected chi connectivity index (χ1v) is 20.0. The Labute approximate surface area is 286 Å². The van der Waals surface area contributed by atoms with Gasteiger partial charge < -0.3 is 37.9 Å². The van der Waals surface area contributed by atoms with E-state index >= 15 is 0 Å². The quantitative estimate of drug-likeness (QED) is 0.0687. The van der Waals surface area contributed by atoms with Gasteiger partial charge in [-0.3, -0.25) is 0 Å². The zero-order chi connectivity index (χ0) is 35.3. The van der Waals surface area contributed by atoms with Gasteiger partial charge in [0.2, 0.25) is 0 Å². The number of hydrogen-bond acceptors (Lipinski definition) is 10. The van der Waals surface area contributed by atoms with Crippen molar-refractivity contribution >= 4 is 26.1 Å². The predicted octanol–water partition coefficient (Wildman–Crippen LogP) is 7.30. The van der Waals surface area contributed by atoms with Gasteiger partial charge in [-0.05, 0) is 69.5 Å². The number of hydrogen-bond donors (Lipinski definition) is 0. The molecule has 0 amide bonds. The summed E-state index contributed by atoms with van der Waals surface area (Å²) in [5.41, 5.74) is 1.25. The molecule has 3 rings (SSSR count). The Bertz CT molecular complexity index is 1380. The van der Waals surface area contributed by atoms with Crippen molar-refractivity contribution in [3.63, 3.8) is 0 Å². The third-order valence-corrected chi connectivity index (χ3v) is 9.33. The number of esters is 2. The van der Waals surface area contributed by atoms with Crippen LogP contribution in [0.3, 0.4) is 0 Å². The van der Waals surface area contributed by atoms with Gasteiger partial charge in [-0.15, -0.1) is 0 Å². The number of rotatable bonds is 18. The average Bonchev–Trinajstić information content (AvgIpc) is 3.36. The molecular weight excluding hydrogens is 632 g/mol. The smallest absolute Gasteiger partial charge is 0.342 e. The second-order valence-corrected chi connectivity index (χ2v) is 18.9. The maximum atomic E-state index is 13.5. The summed E-state index contributed by atoms with van der Waals surface area (Å²) in [6, 6.07) is 13.1. The maximum absolute atomic E-state index is 13.5. The minimum atomic E-state index is -1.43. The predicted molar refractivity (Wildman–Crippen MR) is 187 cm³/mol. The summed E-state index contributed by atoms with van der Waals surface area (Å²) in [6.07, 6.45) is 6.59. The molecule has 264 valence electrons. The fourth-order valence-corrected chi connectivity index (χ4v) is 5.69. The number of methoxy groups -OCH3 is 3. The first-order chi connectivity index (χ1) is 22.8. The van der Waals surface area contributed by atoms with Gasteiger partial charge in [-0.1, -0.05) is 56.1 Å². The summed E-state index contributed by atoms with van der Waals surface area (Å²) in [5.74, 6) is -1.11. The van der Waals surface area contributed by atoms with Crippen LogP contribution in [-0.4, -0.2) is 84.9 Å². The van der Waals surface area contributed by atoms with Crippen molar-refractivity contribution in [1.29, 1.82) is 0 Å². The molecule has 2 aromatic carbocycles. The molecule has 1 heterocycles. The highest BCUT2D eigenvalue weighted by atomic mass is 28.3. The summed E-state index contributed by atoms with van der Waals surface area (Å²) >= 11 is 0. The van der Waals surface area contributed by atoms with E-state index in [0.29, 0.717) is 36.3 Å². The van der Waals surface area contributed by atoms with E-state index in [1.807, 2.05) is 51.1 Å². The molecule has 48 heavy (non-hydrogen) atoms. The zero-order valence-electron chi connectivity index (χ0n) is 29.8. The first-order valence-electron chi connectivity index (χ1n) is 16.3. The normalized spacial score (nSPS) is 18.9. The van der Waals surface area contributed by atoms with Gasteiger partial charge in [0.15, 0.2) is 12.6 Å². The second kappa shape index (κ2) is 18.3. The van der Waals surface area contributed by atoms with Gasteiger partial charge in [-0.25, -0.2) is 9.59 Å². The molecule has 4 atom stereocenters. The lowest BCUT2D eigenvalue weighted by molar-refractivity contribution is -0.152. The molecular formula is C37H52O10Si. The van der Waals surface area contributed by atoms with Crippen molar-refractivity contribution in [2.75, 3.05) is 34.7 Å². The van der Waals surface area contributed by atoms with Gasteiger partial charge in [0, 0.05) is 28.4 Å². The van der Waals surface area contributed by atoms with E-state index in [0.717, 1.165) is 6.04 Å². The van der Waals surface area contributed by atoms with Crippen LogP contribution in [0.1, 0.15) is 59.9 Å². The van der Waals surface area contributed by atoms with Crippen LogP contribution in [0.15, 0.2) is 60.7 Å². The fourth-order valence-electron chi connectivity index (χ4n) is 4.97. The molecule has 0 bridgehead atoms. The van der Waals surface area contributed by atoms with Gasteiger partial charge in [-0.2, -0.15) is 0 Å². The average molecular weight is 685 g/mol. The zero-order valence-corrected chi connectivity index (χ0v) is 30.8.